The van der Waals surface area contributed by atoms with E-state index in [-0.39, 0.29) is 11.9 Å². The molecule has 2 fully saturated rings. The topological polar surface area (TPSA) is 78.5 Å². The summed E-state index contributed by atoms with van der Waals surface area (Å²) in [4.78, 5) is 11.7. The molecule has 7 heteroatoms. The molecule has 2 bridgehead atoms. The predicted molar refractivity (Wildman–Crippen MR) is 121 cm³/mol. The van der Waals surface area contributed by atoms with Gasteiger partial charge in [0.25, 0.3) is 0 Å². The Hall–Kier alpha value is -2.38. The number of hydrogen-bond donors (Lipinski definition) is 2. The lowest BCUT2D eigenvalue weighted by atomic mass is 9.68. The Morgan fingerprint density at radius 1 is 1.06 bits per heavy atom. The number of anilines is 2. The molecule has 1 amide bonds. The second-order valence-electron chi connectivity index (χ2n) is 9.40. The molecule has 0 saturated heterocycles. The smallest absolute Gasteiger partial charge is 0.242 e. The van der Waals surface area contributed by atoms with E-state index >= 15 is 0 Å². The van der Waals surface area contributed by atoms with E-state index in [0.717, 1.165) is 16.9 Å². The van der Waals surface area contributed by atoms with Crippen LogP contribution >= 0.6 is 0 Å². The van der Waals surface area contributed by atoms with Gasteiger partial charge in [0.2, 0.25) is 15.9 Å². The van der Waals surface area contributed by atoms with Gasteiger partial charge >= 0.3 is 0 Å². The van der Waals surface area contributed by atoms with Crippen LogP contribution in [0.1, 0.15) is 49.3 Å². The van der Waals surface area contributed by atoms with Crippen LogP contribution in [0.4, 0.5) is 11.4 Å². The Morgan fingerprint density at radius 2 is 1.77 bits per heavy atom. The molecule has 6 nitrogen and oxygen atoms in total. The van der Waals surface area contributed by atoms with E-state index in [4.69, 9.17) is 0 Å². The highest BCUT2D eigenvalue weighted by atomic mass is 32.2. The molecule has 2 N–H and O–H groups in total. The van der Waals surface area contributed by atoms with Crippen LogP contribution in [0, 0.1) is 17.8 Å². The van der Waals surface area contributed by atoms with Crippen LogP contribution in [0.3, 0.4) is 0 Å². The molecular formula is C24H29N3O3S. The molecule has 5 unspecified atom stereocenters. The second-order valence-corrected chi connectivity index (χ2v) is 11.5. The average Bonchev–Trinajstić information content (AvgIpc) is 3.35. The van der Waals surface area contributed by atoms with Gasteiger partial charge in [0.05, 0.1) is 10.9 Å². The van der Waals surface area contributed by atoms with E-state index in [2.05, 4.69) is 22.8 Å². The first-order valence-corrected chi connectivity index (χ1v) is 12.4. The number of carbonyl (C=O) groups is 1. The first-order valence-electron chi connectivity index (χ1n) is 11.0. The molecule has 164 valence electrons. The fourth-order valence-electron chi connectivity index (χ4n) is 6.14. The summed E-state index contributed by atoms with van der Waals surface area (Å²) < 4.78 is 26.8. The van der Waals surface area contributed by atoms with Crippen LogP contribution in [0.15, 0.2) is 47.4 Å². The first-order chi connectivity index (χ1) is 14.8. The third-order valence-electron chi connectivity index (χ3n) is 7.43. The van der Waals surface area contributed by atoms with Crippen LogP contribution < -0.4 is 10.6 Å². The number of sulfonamides is 1. The van der Waals surface area contributed by atoms with Gasteiger partial charge in [0, 0.05) is 32.4 Å². The minimum absolute atomic E-state index is 0.0749. The van der Waals surface area contributed by atoms with Crippen LogP contribution in [0.5, 0.6) is 0 Å². The first kappa shape index (κ1) is 20.5. The third kappa shape index (κ3) is 3.34. The van der Waals surface area contributed by atoms with E-state index < -0.39 is 10.0 Å². The van der Waals surface area contributed by atoms with Gasteiger partial charge in [-0.3, -0.25) is 4.79 Å². The molecule has 2 saturated carbocycles. The minimum atomic E-state index is -3.46. The summed E-state index contributed by atoms with van der Waals surface area (Å²) in [6, 6.07) is 13.9. The fraction of sp³-hybridized carbons (Fsp3) is 0.458. The van der Waals surface area contributed by atoms with Gasteiger partial charge in [0.1, 0.15) is 0 Å². The zero-order chi connectivity index (χ0) is 21.9. The molecular weight excluding hydrogens is 410 g/mol. The number of carbonyl (C=O) groups excluding carboxylic acids is 1. The molecule has 2 aromatic rings. The van der Waals surface area contributed by atoms with Crippen LogP contribution in [0.2, 0.25) is 0 Å². The lowest BCUT2D eigenvalue weighted by Crippen LogP contribution is -2.35. The lowest BCUT2D eigenvalue weighted by Gasteiger charge is -2.43. The maximum Gasteiger partial charge on any atom is 0.242 e. The third-order valence-corrected chi connectivity index (χ3v) is 9.24. The lowest BCUT2D eigenvalue weighted by molar-refractivity contribution is -0.114. The van der Waals surface area contributed by atoms with Crippen molar-refractivity contribution in [2.24, 2.45) is 17.8 Å². The molecule has 0 spiro atoms. The van der Waals surface area contributed by atoms with Crippen LogP contribution in [-0.4, -0.2) is 32.7 Å². The highest BCUT2D eigenvalue weighted by Gasteiger charge is 2.53. The van der Waals surface area contributed by atoms with E-state index in [0.29, 0.717) is 28.6 Å². The Bertz CT molecular complexity index is 1130. The van der Waals surface area contributed by atoms with E-state index in [1.54, 1.807) is 20.2 Å². The van der Waals surface area contributed by atoms with Crippen molar-refractivity contribution in [1.29, 1.82) is 0 Å². The van der Waals surface area contributed by atoms with Crippen LogP contribution in [0.25, 0.3) is 0 Å². The average molecular weight is 440 g/mol. The minimum Gasteiger partial charge on any atom is -0.378 e. The largest absolute Gasteiger partial charge is 0.378 e. The summed E-state index contributed by atoms with van der Waals surface area (Å²) in [7, 11) is -0.307. The summed E-state index contributed by atoms with van der Waals surface area (Å²) in [5, 5.41) is 6.58. The molecule has 31 heavy (non-hydrogen) atoms. The van der Waals surface area contributed by atoms with Crippen molar-refractivity contribution in [2.75, 3.05) is 24.7 Å². The van der Waals surface area contributed by atoms with Gasteiger partial charge in [-0.15, -0.1) is 0 Å². The molecule has 3 aliphatic rings. The summed E-state index contributed by atoms with van der Waals surface area (Å²) in [5.41, 5.74) is 4.22. The van der Waals surface area contributed by atoms with Gasteiger partial charge in [-0.05, 0) is 84.4 Å². The Balaban J connectivity index is 1.54. The number of fused-ring (bicyclic) bond motifs is 7. The van der Waals surface area contributed by atoms with E-state index in [1.165, 1.54) is 36.1 Å². The summed E-state index contributed by atoms with van der Waals surface area (Å²) in [5.74, 6) is 2.04. The van der Waals surface area contributed by atoms with Crippen molar-refractivity contribution in [3.05, 3.63) is 53.6 Å². The van der Waals surface area contributed by atoms with Gasteiger partial charge in [-0.25, -0.2) is 12.7 Å². The Labute approximate surface area is 184 Å². The number of amides is 1. The normalized spacial score (nSPS) is 28.7. The van der Waals surface area contributed by atoms with Crippen molar-refractivity contribution in [1.82, 2.24) is 4.31 Å². The highest BCUT2D eigenvalue weighted by molar-refractivity contribution is 7.89. The number of rotatable bonds is 4. The van der Waals surface area contributed by atoms with E-state index in [1.807, 2.05) is 24.3 Å². The zero-order valence-electron chi connectivity index (χ0n) is 18.1. The zero-order valence-corrected chi connectivity index (χ0v) is 18.9. The molecule has 1 aliphatic heterocycles. The maximum atomic E-state index is 12.7. The van der Waals surface area contributed by atoms with E-state index in [9.17, 15) is 13.2 Å². The number of benzene rings is 2. The number of nitrogens with one attached hydrogen (secondary N) is 2. The Morgan fingerprint density at radius 3 is 2.45 bits per heavy atom. The second kappa shape index (κ2) is 7.35. The molecule has 2 aromatic carbocycles. The fourth-order valence-corrected chi connectivity index (χ4v) is 7.08. The predicted octanol–water partition coefficient (Wildman–Crippen LogP) is 4.19. The van der Waals surface area contributed by atoms with Crippen LogP contribution in [-0.2, 0) is 14.8 Å². The van der Waals surface area contributed by atoms with Gasteiger partial charge in [0.15, 0.2) is 0 Å². The molecule has 1 heterocycles. The summed E-state index contributed by atoms with van der Waals surface area (Å²) in [6.45, 7) is 1.51. The maximum absolute atomic E-state index is 12.7. The Kier molecular flexibility index (Phi) is 4.86. The van der Waals surface area contributed by atoms with Crippen molar-refractivity contribution in [2.45, 2.75) is 43.0 Å². The monoisotopic (exact) mass is 439 g/mol. The molecule has 5 atom stereocenters. The number of hydrogen-bond acceptors (Lipinski definition) is 4. The molecule has 2 aliphatic carbocycles. The highest BCUT2D eigenvalue weighted by Crippen LogP contribution is 2.63. The summed E-state index contributed by atoms with van der Waals surface area (Å²) in [6.07, 6.45) is 3.70. The molecule has 5 rings (SSSR count). The van der Waals surface area contributed by atoms with Crippen molar-refractivity contribution in [3.8, 4) is 0 Å². The van der Waals surface area contributed by atoms with Gasteiger partial charge in [-0.1, -0.05) is 12.1 Å². The van der Waals surface area contributed by atoms with Gasteiger partial charge < -0.3 is 10.6 Å². The molecule has 0 radical (unpaired) electrons. The van der Waals surface area contributed by atoms with Crippen molar-refractivity contribution < 1.29 is 13.2 Å². The summed E-state index contributed by atoms with van der Waals surface area (Å²) >= 11 is 0. The quantitative estimate of drug-likeness (QED) is 0.749. The number of nitrogens with zero attached hydrogens (tertiary/aromatic N) is 1. The standard InChI is InChI=1S/C24H29N3O3S/c1-14(28)25-18-8-6-15(7-9-18)24-23-17-5-4-16(12-17)22(23)20-13-19(10-11-21(20)26-24)31(29,30)27(2)3/h6-11,13,16-17,22-24,26H,4-5,12H2,1-3H3,(H,25,28). The van der Waals surface area contributed by atoms with Gasteiger partial charge in [-0.2, -0.15) is 0 Å². The molecule has 0 aromatic heterocycles. The SMILES string of the molecule is CC(=O)Nc1ccc(C2Nc3ccc(S(=O)(=O)N(C)C)cc3C3C4CCC(C4)C23)cc1. The van der Waals surface area contributed by atoms with Crippen molar-refractivity contribution >= 4 is 27.3 Å². The van der Waals surface area contributed by atoms with Crippen molar-refractivity contribution in [3.63, 3.8) is 0 Å².